The van der Waals surface area contributed by atoms with Gasteiger partial charge in [0.25, 0.3) is 5.91 Å². The van der Waals surface area contributed by atoms with Gasteiger partial charge < -0.3 is 14.5 Å². The molecule has 0 aliphatic rings. The molecule has 9 heteroatoms. The molecule has 1 aromatic carbocycles. The second kappa shape index (κ2) is 9.69. The lowest BCUT2D eigenvalue weighted by Crippen LogP contribution is -2.23. The van der Waals surface area contributed by atoms with Crippen LogP contribution in [0.15, 0.2) is 67.0 Å². The van der Waals surface area contributed by atoms with E-state index in [1.54, 1.807) is 42.5 Å². The third-order valence-electron chi connectivity index (χ3n) is 3.62. The normalized spacial score (nSPS) is 11.0. The standard InChI is InChI=1S/C20H12Br2N2O4S/c21-16-9-17(29-18(16)22)20(26)28-14-5-3-12(4-6-14)8-13(10-23)19(25)24-11-15-2-1-7-27-15/h1-9H,11H2,(H,24,25)/b13-8+. The highest BCUT2D eigenvalue weighted by Gasteiger charge is 2.14. The summed E-state index contributed by atoms with van der Waals surface area (Å²) in [5.74, 6) is -0.0341. The number of thiophene rings is 1. The van der Waals surface area contributed by atoms with E-state index >= 15 is 0 Å². The summed E-state index contributed by atoms with van der Waals surface area (Å²) in [6.07, 6.45) is 2.96. The number of hydrogen-bond donors (Lipinski definition) is 1. The summed E-state index contributed by atoms with van der Waals surface area (Å²) in [4.78, 5) is 24.8. The number of halogens is 2. The van der Waals surface area contributed by atoms with Crippen LogP contribution in [0.4, 0.5) is 0 Å². The van der Waals surface area contributed by atoms with Crippen LogP contribution in [0.25, 0.3) is 6.08 Å². The molecule has 29 heavy (non-hydrogen) atoms. The van der Waals surface area contributed by atoms with E-state index in [1.807, 2.05) is 6.07 Å². The van der Waals surface area contributed by atoms with E-state index in [9.17, 15) is 14.9 Å². The fraction of sp³-hybridized carbons (Fsp3) is 0.0500. The summed E-state index contributed by atoms with van der Waals surface area (Å²) in [5.41, 5.74) is 0.575. The largest absolute Gasteiger partial charge is 0.467 e. The Morgan fingerprint density at radius 2 is 2.00 bits per heavy atom. The minimum atomic E-state index is -0.506. The lowest BCUT2D eigenvalue weighted by atomic mass is 10.1. The van der Waals surface area contributed by atoms with E-state index in [0.29, 0.717) is 22.0 Å². The zero-order valence-electron chi connectivity index (χ0n) is 14.6. The predicted molar refractivity (Wildman–Crippen MR) is 115 cm³/mol. The first kappa shape index (κ1) is 21.0. The summed E-state index contributed by atoms with van der Waals surface area (Å²) in [6.45, 7) is 0.189. The Labute approximate surface area is 187 Å². The van der Waals surface area contributed by atoms with Crippen LogP contribution in [0.3, 0.4) is 0 Å². The summed E-state index contributed by atoms with van der Waals surface area (Å²) >= 11 is 7.93. The second-order valence-corrected chi connectivity index (χ2v) is 8.85. The van der Waals surface area contributed by atoms with E-state index in [2.05, 4.69) is 37.2 Å². The van der Waals surface area contributed by atoms with Gasteiger partial charge in [-0.3, -0.25) is 4.79 Å². The number of amides is 1. The molecule has 0 fully saturated rings. The van der Waals surface area contributed by atoms with Gasteiger partial charge in [0, 0.05) is 4.47 Å². The smallest absolute Gasteiger partial charge is 0.353 e. The van der Waals surface area contributed by atoms with Gasteiger partial charge >= 0.3 is 5.97 Å². The lowest BCUT2D eigenvalue weighted by molar-refractivity contribution is -0.117. The fourth-order valence-electron chi connectivity index (χ4n) is 2.23. The molecule has 0 bridgehead atoms. The lowest BCUT2D eigenvalue weighted by Gasteiger charge is -2.04. The van der Waals surface area contributed by atoms with Gasteiger partial charge in [-0.2, -0.15) is 5.26 Å². The molecule has 0 radical (unpaired) electrons. The quantitative estimate of drug-likeness (QED) is 0.200. The maximum atomic E-state index is 12.2. The molecule has 2 heterocycles. The first-order chi connectivity index (χ1) is 14.0. The van der Waals surface area contributed by atoms with Crippen LogP contribution in [-0.2, 0) is 11.3 Å². The van der Waals surface area contributed by atoms with Crippen LogP contribution in [0.1, 0.15) is 21.0 Å². The van der Waals surface area contributed by atoms with Crippen molar-refractivity contribution < 1.29 is 18.7 Å². The van der Waals surface area contributed by atoms with Gasteiger partial charge in [-0.1, -0.05) is 12.1 Å². The highest BCUT2D eigenvalue weighted by Crippen LogP contribution is 2.33. The number of furan rings is 1. The molecule has 0 atom stereocenters. The Hall–Kier alpha value is -2.67. The van der Waals surface area contributed by atoms with Crippen molar-refractivity contribution in [2.24, 2.45) is 0 Å². The summed E-state index contributed by atoms with van der Waals surface area (Å²) in [6, 6.07) is 13.5. The topological polar surface area (TPSA) is 92.3 Å². The molecule has 0 saturated heterocycles. The van der Waals surface area contributed by atoms with E-state index < -0.39 is 11.9 Å². The van der Waals surface area contributed by atoms with Gasteiger partial charge in [0.05, 0.1) is 16.6 Å². The minimum absolute atomic E-state index is 0.0467. The zero-order valence-corrected chi connectivity index (χ0v) is 18.6. The van der Waals surface area contributed by atoms with Crippen molar-refractivity contribution in [1.29, 1.82) is 5.26 Å². The fourth-order valence-corrected chi connectivity index (χ4v) is 4.14. The van der Waals surface area contributed by atoms with Crippen LogP contribution in [-0.4, -0.2) is 11.9 Å². The van der Waals surface area contributed by atoms with Crippen molar-refractivity contribution in [2.45, 2.75) is 6.54 Å². The summed E-state index contributed by atoms with van der Waals surface area (Å²) in [5, 5.41) is 11.9. The van der Waals surface area contributed by atoms with Crippen molar-refractivity contribution in [3.63, 3.8) is 0 Å². The molecule has 1 N–H and O–H groups in total. The summed E-state index contributed by atoms with van der Waals surface area (Å²) in [7, 11) is 0. The molecule has 3 aromatic rings. The zero-order chi connectivity index (χ0) is 20.8. The Kier molecular flexibility index (Phi) is 7.04. The van der Waals surface area contributed by atoms with Crippen molar-refractivity contribution in [3.05, 3.63) is 78.8 Å². The third-order valence-corrected chi connectivity index (χ3v) is 6.85. The summed E-state index contributed by atoms with van der Waals surface area (Å²) < 4.78 is 12.1. The number of hydrogen-bond acceptors (Lipinski definition) is 6. The monoisotopic (exact) mass is 534 g/mol. The number of nitriles is 1. The minimum Gasteiger partial charge on any atom is -0.467 e. The molecule has 0 unspecified atom stereocenters. The Morgan fingerprint density at radius 3 is 2.59 bits per heavy atom. The van der Waals surface area contributed by atoms with Crippen LogP contribution in [0, 0.1) is 11.3 Å². The van der Waals surface area contributed by atoms with Crippen LogP contribution in [0.2, 0.25) is 0 Å². The molecule has 3 rings (SSSR count). The maximum Gasteiger partial charge on any atom is 0.353 e. The van der Waals surface area contributed by atoms with Gasteiger partial charge in [-0.25, -0.2) is 4.79 Å². The van der Waals surface area contributed by atoms with E-state index in [4.69, 9.17) is 9.15 Å². The van der Waals surface area contributed by atoms with Crippen molar-refractivity contribution in [3.8, 4) is 11.8 Å². The van der Waals surface area contributed by atoms with E-state index in [1.165, 1.54) is 23.7 Å². The predicted octanol–water partition coefficient (Wildman–Crippen LogP) is 5.31. The van der Waals surface area contributed by atoms with E-state index in [0.717, 1.165) is 8.26 Å². The highest BCUT2D eigenvalue weighted by molar-refractivity contribution is 9.13. The number of ether oxygens (including phenoxy) is 1. The third kappa shape index (κ3) is 5.67. The number of carbonyl (C=O) groups excluding carboxylic acids is 2. The molecule has 0 saturated carbocycles. The number of carbonyl (C=O) groups is 2. The number of nitrogens with zero attached hydrogens (tertiary/aromatic N) is 1. The Bertz CT molecular complexity index is 1080. The first-order valence-corrected chi connectivity index (χ1v) is 10.6. The van der Waals surface area contributed by atoms with Gasteiger partial charge in [0.15, 0.2) is 0 Å². The highest BCUT2D eigenvalue weighted by atomic mass is 79.9. The van der Waals surface area contributed by atoms with Crippen LogP contribution in [0.5, 0.6) is 5.75 Å². The number of esters is 1. The SMILES string of the molecule is N#C/C(=C\c1ccc(OC(=O)c2cc(Br)c(Br)s2)cc1)C(=O)NCc1ccco1. The maximum absolute atomic E-state index is 12.2. The molecule has 1 amide bonds. The second-order valence-electron chi connectivity index (χ2n) is 5.62. The first-order valence-electron chi connectivity index (χ1n) is 8.15. The van der Waals surface area contributed by atoms with Gasteiger partial charge in [-0.15, -0.1) is 11.3 Å². The number of rotatable bonds is 6. The van der Waals surface area contributed by atoms with E-state index in [-0.39, 0.29) is 12.1 Å². The van der Waals surface area contributed by atoms with Gasteiger partial charge in [-0.05, 0) is 73.8 Å². The molecule has 146 valence electrons. The Balaban J connectivity index is 1.64. The molecule has 2 aromatic heterocycles. The number of benzene rings is 1. The van der Waals surface area contributed by atoms with Crippen LogP contribution < -0.4 is 10.1 Å². The molecule has 0 aliphatic carbocycles. The molecular formula is C20H12Br2N2O4S. The van der Waals surface area contributed by atoms with Gasteiger partial charge in [0.1, 0.15) is 28.0 Å². The van der Waals surface area contributed by atoms with Crippen LogP contribution >= 0.6 is 43.2 Å². The van der Waals surface area contributed by atoms with Crippen molar-refractivity contribution in [2.75, 3.05) is 0 Å². The van der Waals surface area contributed by atoms with Crippen molar-refractivity contribution in [1.82, 2.24) is 5.32 Å². The Morgan fingerprint density at radius 1 is 1.24 bits per heavy atom. The van der Waals surface area contributed by atoms with Crippen molar-refractivity contribution >= 4 is 61.1 Å². The average molecular weight is 536 g/mol. The van der Waals surface area contributed by atoms with Gasteiger partial charge in [0.2, 0.25) is 0 Å². The molecule has 0 aliphatic heterocycles. The number of nitrogens with one attached hydrogen (secondary N) is 1. The average Bonchev–Trinajstić information content (AvgIpc) is 3.35. The molecular weight excluding hydrogens is 524 g/mol. The molecule has 6 nitrogen and oxygen atoms in total. The molecule has 0 spiro atoms.